The van der Waals surface area contributed by atoms with E-state index < -0.39 is 0 Å². The van der Waals surface area contributed by atoms with Gasteiger partial charge in [-0.2, -0.15) is 4.58 Å². The van der Waals surface area contributed by atoms with E-state index in [2.05, 4.69) is 129 Å². The van der Waals surface area contributed by atoms with Crippen molar-refractivity contribution in [1.82, 2.24) is 0 Å². The van der Waals surface area contributed by atoms with E-state index in [-0.39, 0.29) is 16.6 Å². The first-order valence-corrected chi connectivity index (χ1v) is 16.2. The van der Waals surface area contributed by atoms with Gasteiger partial charge in [0, 0.05) is 52.4 Å². The molecule has 6 rings (SSSR count). The maximum absolute atomic E-state index is 9.94. The number of anilines is 2. The average Bonchev–Trinajstić information content (AvgIpc) is 3.38. The largest absolute Gasteiger partial charge is 0.508 e. The normalized spacial score (nSPS) is 20.6. The summed E-state index contributed by atoms with van der Waals surface area (Å²) in [6, 6.07) is 25.0. The summed E-state index contributed by atoms with van der Waals surface area (Å²) in [6.07, 6.45) is 12.5. The van der Waals surface area contributed by atoms with Gasteiger partial charge in [-0.3, -0.25) is 0 Å². The molecule has 3 aromatic rings. The zero-order valence-corrected chi connectivity index (χ0v) is 27.1. The standard InChI is InChI=1S/C40H45N3O/c1-7-42-34-18-11-9-16-32(34)39(3,4)36(42)26-20-28-14-13-15-29(38(28)41-30-22-24-31(44)25-23-30)21-27-37-40(5,6)33-17-10-12-19-35(33)43(37)8-2/h9-12,16-27,44H,7-8,13-15H2,1-6H3/p+1/b28-20+,36-26+. The van der Waals surface area contributed by atoms with Crippen LogP contribution < -0.4 is 10.2 Å². The van der Waals surface area contributed by atoms with Crippen LogP contribution in [0.3, 0.4) is 0 Å². The molecule has 0 aromatic heterocycles. The van der Waals surface area contributed by atoms with E-state index >= 15 is 0 Å². The number of fused-ring (bicyclic) bond motifs is 2. The van der Waals surface area contributed by atoms with E-state index in [1.807, 2.05) is 12.1 Å². The fourth-order valence-electron chi connectivity index (χ4n) is 7.43. The first kappa shape index (κ1) is 29.7. The molecule has 226 valence electrons. The molecule has 0 atom stereocenters. The molecular formula is C40H46N3O+. The molecule has 44 heavy (non-hydrogen) atoms. The van der Waals surface area contributed by atoms with E-state index in [9.17, 15) is 5.11 Å². The van der Waals surface area contributed by atoms with Crippen LogP contribution in [0.4, 0.5) is 17.1 Å². The minimum absolute atomic E-state index is 0.0708. The summed E-state index contributed by atoms with van der Waals surface area (Å²) in [4.78, 5) is 2.46. The lowest BCUT2D eigenvalue weighted by atomic mass is 9.81. The predicted molar refractivity (Wildman–Crippen MR) is 185 cm³/mol. The third-order valence-electron chi connectivity index (χ3n) is 9.79. The molecule has 0 bridgehead atoms. The number of aromatic hydroxyl groups is 1. The summed E-state index contributed by atoms with van der Waals surface area (Å²) in [5.74, 6) is 0.274. The van der Waals surface area contributed by atoms with Gasteiger partial charge in [-0.1, -0.05) is 62.4 Å². The van der Waals surface area contributed by atoms with Gasteiger partial charge in [0.2, 0.25) is 5.69 Å². The highest BCUT2D eigenvalue weighted by Crippen LogP contribution is 2.47. The molecule has 0 saturated carbocycles. The number of nitrogens with one attached hydrogen (secondary N) is 1. The monoisotopic (exact) mass is 584 g/mol. The van der Waals surface area contributed by atoms with Crippen LogP contribution in [-0.2, 0) is 10.8 Å². The lowest BCUT2D eigenvalue weighted by Crippen LogP contribution is -2.27. The molecular weight excluding hydrogens is 538 g/mol. The Balaban J connectivity index is 1.44. The smallest absolute Gasteiger partial charge is 0.209 e. The van der Waals surface area contributed by atoms with Gasteiger partial charge in [-0.25, -0.2) is 0 Å². The van der Waals surface area contributed by atoms with Crippen molar-refractivity contribution in [2.24, 2.45) is 0 Å². The van der Waals surface area contributed by atoms with Crippen LogP contribution >= 0.6 is 0 Å². The van der Waals surface area contributed by atoms with Gasteiger partial charge in [-0.15, -0.1) is 0 Å². The first-order valence-electron chi connectivity index (χ1n) is 16.2. The van der Waals surface area contributed by atoms with Gasteiger partial charge >= 0.3 is 0 Å². The highest BCUT2D eigenvalue weighted by Gasteiger charge is 2.43. The molecule has 3 aromatic carbocycles. The quantitative estimate of drug-likeness (QED) is 0.215. The van der Waals surface area contributed by atoms with E-state index in [0.717, 1.165) is 38.0 Å². The number of para-hydroxylation sites is 2. The van der Waals surface area contributed by atoms with Gasteiger partial charge in [-0.05, 0) is 100 Å². The molecule has 2 heterocycles. The van der Waals surface area contributed by atoms with E-state index in [1.54, 1.807) is 12.1 Å². The maximum atomic E-state index is 9.94. The number of hydrogen-bond acceptors (Lipinski definition) is 3. The molecule has 0 unspecified atom stereocenters. The molecule has 1 aliphatic carbocycles. The van der Waals surface area contributed by atoms with Crippen LogP contribution in [0.15, 0.2) is 120 Å². The summed E-state index contributed by atoms with van der Waals surface area (Å²) in [5.41, 5.74) is 12.7. The van der Waals surface area contributed by atoms with Crippen LogP contribution in [0.1, 0.15) is 71.9 Å². The van der Waals surface area contributed by atoms with Crippen LogP contribution in [0.25, 0.3) is 0 Å². The van der Waals surface area contributed by atoms with Crippen LogP contribution in [-0.4, -0.2) is 28.5 Å². The van der Waals surface area contributed by atoms with Crippen LogP contribution in [0.5, 0.6) is 5.75 Å². The van der Waals surface area contributed by atoms with E-state index in [1.165, 1.54) is 50.8 Å². The molecule has 4 nitrogen and oxygen atoms in total. The van der Waals surface area contributed by atoms with Gasteiger partial charge in [0.15, 0.2) is 5.71 Å². The fourth-order valence-corrected chi connectivity index (χ4v) is 7.43. The molecule has 0 saturated heterocycles. The van der Waals surface area contributed by atoms with Crippen molar-refractivity contribution in [1.29, 1.82) is 0 Å². The number of phenols is 1. The zero-order chi connectivity index (χ0) is 31.1. The molecule has 4 heteroatoms. The lowest BCUT2D eigenvalue weighted by molar-refractivity contribution is -0.433. The van der Waals surface area contributed by atoms with Gasteiger partial charge in [0.1, 0.15) is 12.3 Å². The highest BCUT2D eigenvalue weighted by molar-refractivity contribution is 6.03. The van der Waals surface area contributed by atoms with Crippen LogP contribution in [0, 0.1) is 0 Å². The topological polar surface area (TPSA) is 38.5 Å². The molecule has 2 aliphatic heterocycles. The number of benzene rings is 3. The number of likely N-dealkylation sites (N-methyl/N-ethyl adjacent to an activating group) is 1. The average molecular weight is 585 g/mol. The summed E-state index contributed by atoms with van der Waals surface area (Å²) in [7, 11) is 0. The number of phenolic OH excluding ortho intramolecular Hbond substituents is 1. The first-order chi connectivity index (χ1) is 21.2. The minimum atomic E-state index is -0.0708. The third kappa shape index (κ3) is 5.11. The Labute approximate surface area is 263 Å². The fraction of sp³-hybridized carbons (Fsp3) is 0.325. The van der Waals surface area contributed by atoms with Crippen molar-refractivity contribution in [3.63, 3.8) is 0 Å². The Morgan fingerprint density at radius 3 is 2.25 bits per heavy atom. The van der Waals surface area contributed by atoms with Crippen molar-refractivity contribution in [2.45, 2.75) is 71.6 Å². The molecule has 0 fully saturated rings. The Bertz CT molecular complexity index is 1730. The Hall–Kier alpha value is -4.31. The summed E-state index contributed by atoms with van der Waals surface area (Å²) < 4.78 is 2.46. The zero-order valence-electron chi connectivity index (χ0n) is 27.1. The molecule has 0 spiro atoms. The van der Waals surface area contributed by atoms with Crippen molar-refractivity contribution < 1.29 is 9.68 Å². The van der Waals surface area contributed by atoms with Crippen LogP contribution in [0.2, 0.25) is 0 Å². The highest BCUT2D eigenvalue weighted by atomic mass is 16.3. The summed E-state index contributed by atoms with van der Waals surface area (Å²) >= 11 is 0. The van der Waals surface area contributed by atoms with Gasteiger partial charge < -0.3 is 15.3 Å². The maximum Gasteiger partial charge on any atom is 0.209 e. The second-order valence-corrected chi connectivity index (χ2v) is 13.2. The number of allylic oxidation sites excluding steroid dienone is 7. The summed E-state index contributed by atoms with van der Waals surface area (Å²) in [5, 5.41) is 13.7. The SMILES string of the molecule is CCN1/C(=C/C=C2\CCCC(/C=C/C3=[N+](CC)c4ccccc4C3(C)C)=C2Nc2ccc(O)cc2)C(C)(C)c2ccccc21. The van der Waals surface area contributed by atoms with E-state index in [0.29, 0.717) is 0 Å². The van der Waals surface area contributed by atoms with Crippen molar-refractivity contribution in [3.8, 4) is 5.75 Å². The second kappa shape index (κ2) is 11.6. The molecule has 0 amide bonds. The Morgan fingerprint density at radius 2 is 1.52 bits per heavy atom. The minimum Gasteiger partial charge on any atom is -0.508 e. The lowest BCUT2D eigenvalue weighted by Gasteiger charge is -2.27. The van der Waals surface area contributed by atoms with Crippen molar-refractivity contribution in [3.05, 3.63) is 131 Å². The molecule has 3 aliphatic rings. The predicted octanol–water partition coefficient (Wildman–Crippen LogP) is 9.52. The molecule has 0 radical (unpaired) electrons. The third-order valence-corrected chi connectivity index (χ3v) is 9.79. The molecule has 2 N–H and O–H groups in total. The van der Waals surface area contributed by atoms with Gasteiger partial charge in [0.25, 0.3) is 0 Å². The second-order valence-electron chi connectivity index (χ2n) is 13.2. The Kier molecular flexibility index (Phi) is 7.88. The van der Waals surface area contributed by atoms with Crippen molar-refractivity contribution >= 4 is 22.8 Å². The summed E-state index contributed by atoms with van der Waals surface area (Å²) in [6.45, 7) is 15.7. The van der Waals surface area contributed by atoms with Gasteiger partial charge in [0.05, 0.1) is 5.41 Å². The number of hydrogen-bond donors (Lipinski definition) is 2. The number of nitrogens with zero attached hydrogens (tertiary/aromatic N) is 2. The number of rotatable bonds is 7. The Morgan fingerprint density at radius 1 is 0.818 bits per heavy atom. The van der Waals surface area contributed by atoms with Crippen molar-refractivity contribution in [2.75, 3.05) is 23.3 Å². The van der Waals surface area contributed by atoms with E-state index in [4.69, 9.17) is 0 Å².